The largest absolute Gasteiger partial charge is 0.383 e. The third kappa shape index (κ3) is 3.95. The molecule has 1 saturated heterocycles. The van der Waals surface area contributed by atoms with Crippen molar-refractivity contribution < 1.29 is 9.47 Å². The molecular formula is C11H23NO2. The molecule has 0 aromatic rings. The van der Waals surface area contributed by atoms with Gasteiger partial charge in [-0.1, -0.05) is 0 Å². The van der Waals surface area contributed by atoms with Crippen LogP contribution in [0, 0.1) is 0 Å². The van der Waals surface area contributed by atoms with E-state index in [1.165, 1.54) is 6.42 Å². The molecule has 14 heavy (non-hydrogen) atoms. The van der Waals surface area contributed by atoms with Crippen molar-refractivity contribution in [3.63, 3.8) is 0 Å². The lowest BCUT2D eigenvalue weighted by molar-refractivity contribution is -0.0157. The summed E-state index contributed by atoms with van der Waals surface area (Å²) in [7, 11) is 1.73. The number of nitrogens with one attached hydrogen (secondary N) is 1. The summed E-state index contributed by atoms with van der Waals surface area (Å²) in [5.41, 5.74) is 0.0802. The summed E-state index contributed by atoms with van der Waals surface area (Å²) in [6.45, 7) is 8.14. The predicted molar refractivity (Wildman–Crippen MR) is 57.5 cm³/mol. The molecule has 0 spiro atoms. The minimum Gasteiger partial charge on any atom is -0.383 e. The predicted octanol–water partition coefficient (Wildman–Crippen LogP) is 1.57. The van der Waals surface area contributed by atoms with Gasteiger partial charge in [-0.2, -0.15) is 0 Å². The number of hydrogen-bond acceptors (Lipinski definition) is 3. The van der Waals surface area contributed by atoms with E-state index in [1.807, 2.05) is 0 Å². The zero-order valence-electron chi connectivity index (χ0n) is 9.80. The van der Waals surface area contributed by atoms with Gasteiger partial charge in [0.25, 0.3) is 0 Å². The van der Waals surface area contributed by atoms with Crippen molar-refractivity contribution in [2.75, 3.05) is 20.3 Å². The molecule has 3 nitrogen and oxygen atoms in total. The van der Waals surface area contributed by atoms with Crippen LogP contribution < -0.4 is 5.32 Å². The maximum absolute atomic E-state index is 5.87. The van der Waals surface area contributed by atoms with E-state index in [1.54, 1.807) is 7.11 Å². The van der Waals surface area contributed by atoms with E-state index in [9.17, 15) is 0 Å². The standard InChI is InChI=1S/C11H23NO2/c1-9(8-13-4)12-7-10-5-6-11(2,3)14-10/h9-10,12H,5-8H2,1-4H3. The van der Waals surface area contributed by atoms with Crippen molar-refractivity contribution >= 4 is 0 Å². The van der Waals surface area contributed by atoms with Crippen molar-refractivity contribution in [3.8, 4) is 0 Å². The van der Waals surface area contributed by atoms with E-state index in [-0.39, 0.29) is 5.60 Å². The van der Waals surface area contributed by atoms with Crippen LogP contribution in [0.15, 0.2) is 0 Å². The van der Waals surface area contributed by atoms with E-state index in [0.29, 0.717) is 12.1 Å². The zero-order valence-corrected chi connectivity index (χ0v) is 9.80. The van der Waals surface area contributed by atoms with E-state index < -0.39 is 0 Å². The van der Waals surface area contributed by atoms with Crippen LogP contribution in [-0.2, 0) is 9.47 Å². The Labute approximate surface area is 87.2 Å². The fourth-order valence-electron chi connectivity index (χ4n) is 1.86. The third-order valence-electron chi connectivity index (χ3n) is 2.66. The Morgan fingerprint density at radius 1 is 1.57 bits per heavy atom. The molecule has 1 N–H and O–H groups in total. The van der Waals surface area contributed by atoms with E-state index in [4.69, 9.17) is 9.47 Å². The molecule has 1 fully saturated rings. The van der Waals surface area contributed by atoms with Crippen LogP contribution in [0.1, 0.15) is 33.6 Å². The van der Waals surface area contributed by atoms with Crippen molar-refractivity contribution in [1.82, 2.24) is 5.32 Å². The number of ether oxygens (including phenoxy) is 2. The zero-order chi connectivity index (χ0) is 10.6. The SMILES string of the molecule is COCC(C)NCC1CCC(C)(C)O1. The molecule has 1 aliphatic heterocycles. The van der Waals surface area contributed by atoms with Gasteiger partial charge in [-0.3, -0.25) is 0 Å². The first-order valence-corrected chi connectivity index (χ1v) is 5.43. The Morgan fingerprint density at radius 2 is 2.29 bits per heavy atom. The van der Waals surface area contributed by atoms with Crippen LogP contribution >= 0.6 is 0 Å². The second-order valence-electron chi connectivity index (χ2n) is 4.80. The lowest BCUT2D eigenvalue weighted by atomic mass is 10.1. The monoisotopic (exact) mass is 201 g/mol. The van der Waals surface area contributed by atoms with Crippen LogP contribution in [0.5, 0.6) is 0 Å². The van der Waals surface area contributed by atoms with Crippen LogP contribution in [-0.4, -0.2) is 38.0 Å². The van der Waals surface area contributed by atoms with E-state index in [0.717, 1.165) is 19.6 Å². The summed E-state index contributed by atoms with van der Waals surface area (Å²) in [5, 5.41) is 3.41. The van der Waals surface area contributed by atoms with Crippen LogP contribution in [0.25, 0.3) is 0 Å². The first-order valence-electron chi connectivity index (χ1n) is 5.43. The third-order valence-corrected chi connectivity index (χ3v) is 2.66. The van der Waals surface area contributed by atoms with Gasteiger partial charge in [0.1, 0.15) is 0 Å². The molecule has 84 valence electrons. The Morgan fingerprint density at radius 3 is 2.79 bits per heavy atom. The van der Waals surface area contributed by atoms with Gasteiger partial charge < -0.3 is 14.8 Å². The Balaban J connectivity index is 2.14. The molecule has 0 saturated carbocycles. The molecule has 2 atom stereocenters. The highest BCUT2D eigenvalue weighted by molar-refractivity contribution is 4.82. The summed E-state index contributed by atoms with van der Waals surface area (Å²) in [6, 6.07) is 0.410. The first kappa shape index (κ1) is 12.0. The maximum Gasteiger partial charge on any atom is 0.0707 e. The topological polar surface area (TPSA) is 30.5 Å². The summed E-state index contributed by atoms with van der Waals surface area (Å²) in [4.78, 5) is 0. The van der Waals surface area contributed by atoms with Crippen LogP contribution in [0.3, 0.4) is 0 Å². The smallest absolute Gasteiger partial charge is 0.0707 e. The minimum absolute atomic E-state index is 0.0802. The molecule has 0 aromatic heterocycles. The van der Waals surface area contributed by atoms with Crippen molar-refractivity contribution in [2.45, 2.75) is 51.4 Å². The molecule has 1 aliphatic rings. The fraction of sp³-hybridized carbons (Fsp3) is 1.00. The average molecular weight is 201 g/mol. The van der Waals surface area contributed by atoms with Gasteiger partial charge in [0, 0.05) is 19.7 Å². The number of rotatable bonds is 5. The second-order valence-corrected chi connectivity index (χ2v) is 4.80. The highest BCUT2D eigenvalue weighted by atomic mass is 16.5. The molecule has 0 aromatic carbocycles. The number of methoxy groups -OCH3 is 1. The van der Waals surface area contributed by atoms with Gasteiger partial charge in [-0.25, -0.2) is 0 Å². The average Bonchev–Trinajstić information content (AvgIpc) is 2.43. The minimum atomic E-state index is 0.0802. The number of hydrogen-bond donors (Lipinski definition) is 1. The summed E-state index contributed by atoms with van der Waals surface area (Å²) in [5.74, 6) is 0. The van der Waals surface area contributed by atoms with Gasteiger partial charge in [0.15, 0.2) is 0 Å². The maximum atomic E-state index is 5.87. The van der Waals surface area contributed by atoms with Crippen LogP contribution in [0.4, 0.5) is 0 Å². The molecule has 0 amide bonds. The molecule has 0 bridgehead atoms. The molecule has 2 unspecified atom stereocenters. The summed E-state index contributed by atoms with van der Waals surface area (Å²) < 4.78 is 10.9. The van der Waals surface area contributed by atoms with Crippen LogP contribution in [0.2, 0.25) is 0 Å². The van der Waals surface area contributed by atoms with Gasteiger partial charge in [0.2, 0.25) is 0 Å². The van der Waals surface area contributed by atoms with Gasteiger partial charge >= 0.3 is 0 Å². The second kappa shape index (κ2) is 5.10. The van der Waals surface area contributed by atoms with Gasteiger partial charge in [0.05, 0.1) is 18.3 Å². The lowest BCUT2D eigenvalue weighted by Gasteiger charge is -2.21. The molecular weight excluding hydrogens is 178 g/mol. The van der Waals surface area contributed by atoms with Gasteiger partial charge in [-0.05, 0) is 33.6 Å². The molecule has 3 heteroatoms. The summed E-state index contributed by atoms with van der Waals surface area (Å²) in [6.07, 6.45) is 2.71. The normalized spacial score (nSPS) is 27.9. The Bertz CT molecular complexity index is 171. The van der Waals surface area contributed by atoms with Crippen molar-refractivity contribution in [3.05, 3.63) is 0 Å². The quantitative estimate of drug-likeness (QED) is 0.732. The van der Waals surface area contributed by atoms with Crippen molar-refractivity contribution in [2.24, 2.45) is 0 Å². The fourth-order valence-corrected chi connectivity index (χ4v) is 1.86. The van der Waals surface area contributed by atoms with Crippen molar-refractivity contribution in [1.29, 1.82) is 0 Å². The molecule has 0 radical (unpaired) electrons. The first-order chi connectivity index (χ1) is 6.53. The lowest BCUT2D eigenvalue weighted by Crippen LogP contribution is -2.37. The Kier molecular flexibility index (Phi) is 4.35. The Hall–Kier alpha value is -0.120. The van der Waals surface area contributed by atoms with E-state index >= 15 is 0 Å². The van der Waals surface area contributed by atoms with E-state index in [2.05, 4.69) is 26.1 Å². The highest BCUT2D eigenvalue weighted by Crippen LogP contribution is 2.28. The molecule has 1 heterocycles. The highest BCUT2D eigenvalue weighted by Gasteiger charge is 2.31. The molecule has 0 aliphatic carbocycles. The molecule has 1 rings (SSSR count). The van der Waals surface area contributed by atoms with Gasteiger partial charge in [-0.15, -0.1) is 0 Å². The summed E-state index contributed by atoms with van der Waals surface area (Å²) >= 11 is 0.